The van der Waals surface area contributed by atoms with E-state index in [1.54, 1.807) is 6.07 Å². The van der Waals surface area contributed by atoms with Crippen LogP contribution in [0, 0.1) is 5.92 Å². The van der Waals surface area contributed by atoms with Gasteiger partial charge in [-0.05, 0) is 31.4 Å². The first-order valence-electron chi connectivity index (χ1n) is 7.40. The van der Waals surface area contributed by atoms with E-state index in [9.17, 15) is 9.90 Å². The number of aromatic carboxylic acids is 1. The van der Waals surface area contributed by atoms with Gasteiger partial charge in [0.15, 0.2) is 0 Å². The first-order chi connectivity index (χ1) is 10.0. The van der Waals surface area contributed by atoms with Gasteiger partial charge < -0.3 is 10.4 Å². The van der Waals surface area contributed by atoms with Crippen LogP contribution in [0.4, 0.5) is 5.82 Å². The number of pyridine rings is 1. The van der Waals surface area contributed by atoms with Crippen LogP contribution < -0.4 is 5.32 Å². The molecule has 2 rings (SSSR count). The standard InChI is InChI=1S/C17H22N2O2/c1-4-11(2)9-12(3)18-16-14(17(20)21)10-13-7-5-6-8-15(13)19-16/h5-8,10-12H,4,9H2,1-3H3,(H,18,19)(H,20,21). The fourth-order valence-electron chi connectivity index (χ4n) is 2.45. The normalized spacial score (nSPS) is 13.9. The molecule has 0 bridgehead atoms. The van der Waals surface area contributed by atoms with Crippen molar-refractivity contribution in [1.29, 1.82) is 0 Å². The molecular weight excluding hydrogens is 264 g/mol. The van der Waals surface area contributed by atoms with Crippen LogP contribution in [0.5, 0.6) is 0 Å². The smallest absolute Gasteiger partial charge is 0.339 e. The van der Waals surface area contributed by atoms with Crippen LogP contribution in [0.25, 0.3) is 10.9 Å². The highest BCUT2D eigenvalue weighted by Crippen LogP contribution is 2.22. The van der Waals surface area contributed by atoms with Gasteiger partial charge in [0.1, 0.15) is 11.4 Å². The Morgan fingerprint density at radius 2 is 2.05 bits per heavy atom. The monoisotopic (exact) mass is 286 g/mol. The largest absolute Gasteiger partial charge is 0.478 e. The molecule has 0 fully saturated rings. The fourth-order valence-corrected chi connectivity index (χ4v) is 2.45. The number of nitrogens with zero attached hydrogens (tertiary/aromatic N) is 1. The van der Waals surface area contributed by atoms with E-state index >= 15 is 0 Å². The minimum Gasteiger partial charge on any atom is -0.478 e. The van der Waals surface area contributed by atoms with Crippen LogP contribution in [0.15, 0.2) is 30.3 Å². The number of hydrogen-bond donors (Lipinski definition) is 2. The predicted molar refractivity (Wildman–Crippen MR) is 85.9 cm³/mol. The molecule has 0 aliphatic heterocycles. The molecule has 1 heterocycles. The number of carboxylic acids is 1. The first-order valence-corrected chi connectivity index (χ1v) is 7.40. The number of fused-ring (bicyclic) bond motifs is 1. The van der Waals surface area contributed by atoms with E-state index in [0.717, 1.165) is 23.7 Å². The van der Waals surface area contributed by atoms with Crippen LogP contribution in [0.2, 0.25) is 0 Å². The molecule has 0 spiro atoms. The number of nitrogens with one attached hydrogen (secondary N) is 1. The molecule has 0 aliphatic rings. The lowest BCUT2D eigenvalue weighted by Gasteiger charge is -2.19. The maximum absolute atomic E-state index is 11.4. The molecule has 2 aromatic rings. The van der Waals surface area contributed by atoms with Crippen molar-refractivity contribution in [3.63, 3.8) is 0 Å². The van der Waals surface area contributed by atoms with Crippen molar-refractivity contribution >= 4 is 22.7 Å². The molecule has 0 amide bonds. The fraction of sp³-hybridized carbons (Fsp3) is 0.412. The number of benzene rings is 1. The second-order valence-corrected chi connectivity index (χ2v) is 5.68. The summed E-state index contributed by atoms with van der Waals surface area (Å²) in [6.45, 7) is 6.42. The van der Waals surface area contributed by atoms with Crippen molar-refractivity contribution in [2.75, 3.05) is 5.32 Å². The topological polar surface area (TPSA) is 62.2 Å². The zero-order valence-corrected chi connectivity index (χ0v) is 12.8. The van der Waals surface area contributed by atoms with E-state index in [1.165, 1.54) is 0 Å². The summed E-state index contributed by atoms with van der Waals surface area (Å²) in [6.07, 6.45) is 2.10. The third kappa shape index (κ3) is 3.72. The maximum Gasteiger partial charge on any atom is 0.339 e. The molecule has 2 unspecified atom stereocenters. The van der Waals surface area contributed by atoms with E-state index in [4.69, 9.17) is 0 Å². The number of anilines is 1. The van der Waals surface area contributed by atoms with Gasteiger partial charge in [-0.1, -0.05) is 38.5 Å². The van der Waals surface area contributed by atoms with Gasteiger partial charge in [0.05, 0.1) is 5.52 Å². The average Bonchev–Trinajstić information content (AvgIpc) is 2.46. The van der Waals surface area contributed by atoms with Gasteiger partial charge in [0.25, 0.3) is 0 Å². The molecule has 1 aromatic carbocycles. The Bertz CT molecular complexity index is 640. The summed E-state index contributed by atoms with van der Waals surface area (Å²) in [5.41, 5.74) is 1.03. The second kappa shape index (κ2) is 6.57. The van der Waals surface area contributed by atoms with Crippen LogP contribution in [-0.2, 0) is 0 Å². The van der Waals surface area contributed by atoms with Crippen LogP contribution >= 0.6 is 0 Å². The van der Waals surface area contributed by atoms with Gasteiger partial charge >= 0.3 is 5.97 Å². The molecule has 0 aliphatic carbocycles. The lowest BCUT2D eigenvalue weighted by Crippen LogP contribution is -2.21. The molecule has 21 heavy (non-hydrogen) atoms. The van der Waals surface area contributed by atoms with Gasteiger partial charge in [-0.2, -0.15) is 0 Å². The van der Waals surface area contributed by atoms with Gasteiger partial charge in [0, 0.05) is 11.4 Å². The van der Waals surface area contributed by atoms with Crippen molar-refractivity contribution < 1.29 is 9.90 Å². The lowest BCUT2D eigenvalue weighted by atomic mass is 10.0. The summed E-state index contributed by atoms with van der Waals surface area (Å²) in [5, 5.41) is 13.5. The highest BCUT2D eigenvalue weighted by molar-refractivity contribution is 5.98. The van der Waals surface area contributed by atoms with Crippen molar-refractivity contribution in [2.24, 2.45) is 5.92 Å². The number of rotatable bonds is 6. The van der Waals surface area contributed by atoms with E-state index in [0.29, 0.717) is 11.7 Å². The van der Waals surface area contributed by atoms with Gasteiger partial charge in [-0.3, -0.25) is 0 Å². The van der Waals surface area contributed by atoms with Crippen LogP contribution in [0.1, 0.15) is 44.0 Å². The Morgan fingerprint density at radius 3 is 2.71 bits per heavy atom. The molecule has 0 radical (unpaired) electrons. The zero-order valence-electron chi connectivity index (χ0n) is 12.8. The van der Waals surface area contributed by atoms with E-state index in [1.807, 2.05) is 24.3 Å². The highest BCUT2D eigenvalue weighted by atomic mass is 16.4. The Morgan fingerprint density at radius 1 is 1.33 bits per heavy atom. The average molecular weight is 286 g/mol. The number of aromatic nitrogens is 1. The minimum absolute atomic E-state index is 0.187. The zero-order chi connectivity index (χ0) is 15.4. The summed E-state index contributed by atoms with van der Waals surface area (Å²) in [6, 6.07) is 9.43. The summed E-state index contributed by atoms with van der Waals surface area (Å²) in [5.74, 6) is 0.102. The lowest BCUT2D eigenvalue weighted by molar-refractivity contribution is 0.0697. The summed E-state index contributed by atoms with van der Waals surface area (Å²) >= 11 is 0. The van der Waals surface area contributed by atoms with Gasteiger partial charge in [-0.25, -0.2) is 9.78 Å². The Hall–Kier alpha value is -2.10. The predicted octanol–water partition coefficient (Wildman–Crippen LogP) is 4.17. The SMILES string of the molecule is CCC(C)CC(C)Nc1nc2ccccc2cc1C(=O)O. The molecule has 4 nitrogen and oxygen atoms in total. The molecule has 0 saturated carbocycles. The van der Waals surface area contributed by atoms with Gasteiger partial charge in [-0.15, -0.1) is 0 Å². The molecule has 1 aromatic heterocycles. The van der Waals surface area contributed by atoms with Crippen molar-refractivity contribution in [1.82, 2.24) is 4.98 Å². The van der Waals surface area contributed by atoms with E-state index < -0.39 is 5.97 Å². The van der Waals surface area contributed by atoms with Gasteiger partial charge in [0.2, 0.25) is 0 Å². The number of hydrogen-bond acceptors (Lipinski definition) is 3. The number of para-hydroxylation sites is 1. The van der Waals surface area contributed by atoms with E-state index in [-0.39, 0.29) is 11.6 Å². The maximum atomic E-state index is 11.4. The molecular formula is C17H22N2O2. The van der Waals surface area contributed by atoms with E-state index in [2.05, 4.69) is 31.1 Å². The number of carbonyl (C=O) groups is 1. The van der Waals surface area contributed by atoms with Crippen molar-refractivity contribution in [2.45, 2.75) is 39.7 Å². The quantitative estimate of drug-likeness (QED) is 0.836. The Balaban J connectivity index is 2.32. The molecule has 4 heteroatoms. The van der Waals surface area contributed by atoms with Crippen LogP contribution in [0.3, 0.4) is 0 Å². The third-order valence-corrected chi connectivity index (χ3v) is 3.79. The molecule has 0 saturated heterocycles. The third-order valence-electron chi connectivity index (χ3n) is 3.79. The Kier molecular flexibility index (Phi) is 4.78. The van der Waals surface area contributed by atoms with Crippen molar-refractivity contribution in [3.05, 3.63) is 35.9 Å². The van der Waals surface area contributed by atoms with Crippen LogP contribution in [-0.4, -0.2) is 22.1 Å². The highest BCUT2D eigenvalue weighted by Gasteiger charge is 2.16. The Labute approximate surface area is 125 Å². The molecule has 112 valence electrons. The summed E-state index contributed by atoms with van der Waals surface area (Å²) < 4.78 is 0. The first kappa shape index (κ1) is 15.3. The second-order valence-electron chi connectivity index (χ2n) is 5.68. The number of carboxylic acid groups (broad SMARTS) is 1. The molecule has 2 N–H and O–H groups in total. The van der Waals surface area contributed by atoms with Crippen molar-refractivity contribution in [3.8, 4) is 0 Å². The summed E-state index contributed by atoms with van der Waals surface area (Å²) in [4.78, 5) is 15.9. The summed E-state index contributed by atoms with van der Waals surface area (Å²) in [7, 11) is 0. The molecule has 2 atom stereocenters. The minimum atomic E-state index is -0.952.